The summed E-state index contributed by atoms with van der Waals surface area (Å²) in [7, 11) is -4.36. The second-order valence-electron chi connectivity index (χ2n) is 9.00. The molecular formula is C25H23F5N4O3S. The van der Waals surface area contributed by atoms with Gasteiger partial charge >= 0.3 is 5.92 Å². The number of amides is 1. The molecule has 202 valence electrons. The van der Waals surface area contributed by atoms with Crippen molar-refractivity contribution in [2.75, 3.05) is 0 Å². The van der Waals surface area contributed by atoms with E-state index in [4.69, 9.17) is 0 Å². The van der Waals surface area contributed by atoms with E-state index in [0.29, 0.717) is 18.1 Å². The fourth-order valence-electron chi connectivity index (χ4n) is 4.19. The molecule has 0 saturated carbocycles. The van der Waals surface area contributed by atoms with Crippen LogP contribution >= 0.6 is 0 Å². The van der Waals surface area contributed by atoms with Gasteiger partial charge in [0.05, 0.1) is 10.9 Å². The van der Waals surface area contributed by atoms with Crippen LogP contribution in [0.25, 0.3) is 11.1 Å². The molecule has 0 spiro atoms. The van der Waals surface area contributed by atoms with Crippen LogP contribution in [0.4, 0.5) is 22.0 Å². The first-order valence-corrected chi connectivity index (χ1v) is 12.9. The number of sulfonamides is 1. The first kappa shape index (κ1) is 27.6. The van der Waals surface area contributed by atoms with Gasteiger partial charge in [-0.2, -0.15) is 13.1 Å². The first-order valence-electron chi connectivity index (χ1n) is 11.5. The maximum absolute atomic E-state index is 14.6. The lowest BCUT2D eigenvalue weighted by Crippen LogP contribution is -2.48. The van der Waals surface area contributed by atoms with Crippen LogP contribution in [0.3, 0.4) is 0 Å². The first-order chi connectivity index (χ1) is 17.8. The molecule has 0 unspecified atom stereocenters. The van der Waals surface area contributed by atoms with Gasteiger partial charge in [0, 0.05) is 43.4 Å². The molecule has 2 aromatic carbocycles. The van der Waals surface area contributed by atoms with Crippen LogP contribution in [0.15, 0.2) is 59.8 Å². The molecule has 1 aromatic heterocycles. The normalized spacial score (nSPS) is 20.4. The van der Waals surface area contributed by atoms with Gasteiger partial charge in [-0.1, -0.05) is 6.07 Å². The SMILES string of the molecule is C[C@H]1[C@H](F)C[C@@H](C(=O)NCc2cc(-c3cnc(C(C)(F)F)nc3)ccc2F)N1S(=O)(=O)c1ccc(F)cc1. The largest absolute Gasteiger partial charge is 0.351 e. The van der Waals surface area contributed by atoms with Gasteiger partial charge in [0.1, 0.15) is 23.8 Å². The maximum atomic E-state index is 14.6. The Kier molecular flexibility index (Phi) is 7.53. The van der Waals surface area contributed by atoms with Crippen molar-refractivity contribution in [3.63, 3.8) is 0 Å². The number of benzene rings is 2. The molecule has 1 fully saturated rings. The zero-order valence-electron chi connectivity index (χ0n) is 20.2. The number of hydrogen-bond acceptors (Lipinski definition) is 5. The Labute approximate surface area is 215 Å². The third kappa shape index (κ3) is 5.53. The average molecular weight is 555 g/mol. The summed E-state index contributed by atoms with van der Waals surface area (Å²) < 4.78 is 96.2. The van der Waals surface area contributed by atoms with Gasteiger partial charge in [0.2, 0.25) is 15.9 Å². The smallest absolute Gasteiger partial charge is 0.303 e. The quantitative estimate of drug-likeness (QED) is 0.439. The molecule has 2 heterocycles. The van der Waals surface area contributed by atoms with E-state index in [1.165, 1.54) is 19.1 Å². The molecule has 1 saturated heterocycles. The molecule has 13 heteroatoms. The lowest BCUT2D eigenvalue weighted by Gasteiger charge is -2.27. The average Bonchev–Trinajstić information content (AvgIpc) is 3.18. The lowest BCUT2D eigenvalue weighted by molar-refractivity contribution is -0.124. The minimum atomic E-state index is -4.36. The van der Waals surface area contributed by atoms with Gasteiger partial charge in [-0.3, -0.25) is 4.79 Å². The Morgan fingerprint density at radius 3 is 2.32 bits per heavy atom. The molecular weight excluding hydrogens is 531 g/mol. The molecule has 38 heavy (non-hydrogen) atoms. The number of nitrogens with one attached hydrogen (secondary N) is 1. The summed E-state index contributed by atoms with van der Waals surface area (Å²) in [4.78, 5) is 20.0. The van der Waals surface area contributed by atoms with Crippen molar-refractivity contribution >= 4 is 15.9 Å². The summed E-state index contributed by atoms with van der Waals surface area (Å²) in [6, 6.07) is 5.20. The van der Waals surface area contributed by atoms with Crippen molar-refractivity contribution in [2.45, 2.75) is 55.9 Å². The van der Waals surface area contributed by atoms with Gasteiger partial charge in [-0.25, -0.2) is 31.6 Å². The predicted molar refractivity (Wildman–Crippen MR) is 127 cm³/mol. The van der Waals surface area contributed by atoms with Gasteiger partial charge in [-0.05, 0) is 48.9 Å². The number of aromatic nitrogens is 2. The highest BCUT2D eigenvalue weighted by Gasteiger charge is 2.49. The number of rotatable bonds is 7. The van der Waals surface area contributed by atoms with Gasteiger partial charge in [-0.15, -0.1) is 0 Å². The van der Waals surface area contributed by atoms with Crippen LogP contribution < -0.4 is 5.32 Å². The number of nitrogens with zero attached hydrogens (tertiary/aromatic N) is 3. The van der Waals surface area contributed by atoms with Gasteiger partial charge < -0.3 is 5.32 Å². The number of halogens is 5. The summed E-state index contributed by atoms with van der Waals surface area (Å²) in [5, 5.41) is 2.45. The van der Waals surface area contributed by atoms with E-state index >= 15 is 0 Å². The van der Waals surface area contributed by atoms with Crippen molar-refractivity contribution < 1.29 is 35.2 Å². The second-order valence-corrected chi connectivity index (χ2v) is 10.8. The van der Waals surface area contributed by atoms with Crippen LogP contribution in [0.1, 0.15) is 31.7 Å². The molecule has 1 aliphatic rings. The summed E-state index contributed by atoms with van der Waals surface area (Å²) in [6.07, 6.45) is 0.269. The third-order valence-corrected chi connectivity index (χ3v) is 8.26. The van der Waals surface area contributed by atoms with Crippen LogP contribution in [0.2, 0.25) is 0 Å². The van der Waals surface area contributed by atoms with Crippen LogP contribution in [0, 0.1) is 11.6 Å². The highest BCUT2D eigenvalue weighted by molar-refractivity contribution is 7.89. The van der Waals surface area contributed by atoms with Crippen LogP contribution in [0.5, 0.6) is 0 Å². The van der Waals surface area contributed by atoms with E-state index in [9.17, 15) is 35.2 Å². The molecule has 7 nitrogen and oxygen atoms in total. The van der Waals surface area contributed by atoms with E-state index in [2.05, 4.69) is 15.3 Å². The van der Waals surface area contributed by atoms with E-state index in [1.807, 2.05) is 0 Å². The Bertz CT molecular complexity index is 1430. The molecule has 4 rings (SSSR count). The van der Waals surface area contributed by atoms with E-state index < -0.39 is 64.0 Å². The van der Waals surface area contributed by atoms with Crippen molar-refractivity contribution in [2.24, 2.45) is 0 Å². The standard InChI is InChI=1S/C25H23F5N4O3S/c1-14-21(28)10-22(34(14)38(36,37)19-6-4-18(26)5-7-19)23(35)31-11-16-9-15(3-8-20(16)27)17-12-32-24(33-13-17)25(2,29)30/h3-9,12-14,21-22H,10-11H2,1-2H3,(H,31,35)/t14-,21+,22-/m0/s1. The Morgan fingerprint density at radius 1 is 1.08 bits per heavy atom. The minimum Gasteiger partial charge on any atom is -0.351 e. The minimum absolute atomic E-state index is 0.0107. The Morgan fingerprint density at radius 2 is 1.71 bits per heavy atom. The number of alkyl halides is 3. The maximum Gasteiger partial charge on any atom is 0.303 e. The molecule has 3 atom stereocenters. The number of carbonyl (C=O) groups excluding carboxylic acids is 1. The highest BCUT2D eigenvalue weighted by Crippen LogP contribution is 2.33. The Hall–Kier alpha value is -3.45. The molecule has 1 aliphatic heterocycles. The summed E-state index contributed by atoms with van der Waals surface area (Å²) in [6.45, 7) is 1.61. The molecule has 1 amide bonds. The summed E-state index contributed by atoms with van der Waals surface area (Å²) >= 11 is 0. The Balaban J connectivity index is 1.53. The van der Waals surface area contributed by atoms with E-state index in [0.717, 1.165) is 47.0 Å². The van der Waals surface area contributed by atoms with Crippen molar-refractivity contribution in [1.82, 2.24) is 19.6 Å². The lowest BCUT2D eigenvalue weighted by atomic mass is 10.0. The summed E-state index contributed by atoms with van der Waals surface area (Å²) in [5.41, 5.74) is 0.726. The van der Waals surface area contributed by atoms with E-state index in [1.54, 1.807) is 0 Å². The number of hydrogen-bond donors (Lipinski definition) is 1. The molecule has 0 radical (unpaired) electrons. The molecule has 1 N–H and O–H groups in total. The second kappa shape index (κ2) is 10.4. The predicted octanol–water partition coefficient (Wildman–Crippen LogP) is 4.34. The topological polar surface area (TPSA) is 92.3 Å². The summed E-state index contributed by atoms with van der Waals surface area (Å²) in [5.74, 6) is -6.10. The van der Waals surface area contributed by atoms with Gasteiger partial charge in [0.25, 0.3) is 0 Å². The third-order valence-electron chi connectivity index (χ3n) is 6.25. The van der Waals surface area contributed by atoms with Crippen molar-refractivity contribution in [1.29, 1.82) is 0 Å². The number of carbonyl (C=O) groups is 1. The zero-order chi connectivity index (χ0) is 27.8. The van der Waals surface area contributed by atoms with Crippen molar-refractivity contribution in [3.05, 3.63) is 77.9 Å². The fraction of sp³-hybridized carbons (Fsp3) is 0.320. The monoisotopic (exact) mass is 554 g/mol. The fourth-order valence-corrected chi connectivity index (χ4v) is 6.00. The van der Waals surface area contributed by atoms with Crippen LogP contribution in [-0.2, 0) is 27.3 Å². The van der Waals surface area contributed by atoms with Crippen molar-refractivity contribution in [3.8, 4) is 11.1 Å². The molecule has 3 aromatic rings. The van der Waals surface area contributed by atoms with E-state index in [-0.39, 0.29) is 17.0 Å². The molecule has 0 aliphatic carbocycles. The zero-order valence-corrected chi connectivity index (χ0v) is 21.0. The highest BCUT2D eigenvalue weighted by atomic mass is 32.2. The van der Waals surface area contributed by atoms with Gasteiger partial charge in [0.15, 0.2) is 5.82 Å². The van der Waals surface area contributed by atoms with Crippen LogP contribution in [-0.4, -0.2) is 46.9 Å². The molecule has 0 bridgehead atoms.